The van der Waals surface area contributed by atoms with Gasteiger partial charge in [-0.2, -0.15) is 9.78 Å². The van der Waals surface area contributed by atoms with Crippen LogP contribution >= 0.6 is 27.5 Å². The van der Waals surface area contributed by atoms with Gasteiger partial charge in [-0.05, 0) is 79.7 Å². The van der Waals surface area contributed by atoms with Crippen LogP contribution in [0.1, 0.15) is 32.9 Å². The third kappa shape index (κ3) is 6.07. The molecule has 224 valence electrons. The van der Waals surface area contributed by atoms with Crippen molar-refractivity contribution in [3.8, 4) is 17.3 Å². The van der Waals surface area contributed by atoms with Crippen molar-refractivity contribution in [1.29, 1.82) is 0 Å². The van der Waals surface area contributed by atoms with Crippen LogP contribution in [0.15, 0.2) is 74.9 Å². The number of carbonyl (C=O) groups is 1. The first-order valence-corrected chi connectivity index (χ1v) is 14.5. The molecule has 5 aromatic rings. The minimum absolute atomic E-state index is 0.0162. The number of halogens is 2. The van der Waals surface area contributed by atoms with E-state index in [9.17, 15) is 4.79 Å². The van der Waals surface area contributed by atoms with Gasteiger partial charge in [0.05, 0.1) is 30.0 Å². The average Bonchev–Trinajstić information content (AvgIpc) is 3.75. The van der Waals surface area contributed by atoms with E-state index < -0.39 is 5.91 Å². The van der Waals surface area contributed by atoms with Crippen molar-refractivity contribution in [2.45, 2.75) is 19.6 Å². The molecular weight excluding hydrogens is 654 g/mol. The number of amides is 1. The number of hydrazone groups is 1. The molecule has 0 bridgehead atoms. The number of nitrogens with one attached hydrogen (secondary N) is 1. The van der Waals surface area contributed by atoms with Crippen molar-refractivity contribution in [3.05, 3.63) is 98.2 Å². The number of nitrogens with two attached hydrogens (primary N) is 1. The van der Waals surface area contributed by atoms with Crippen LogP contribution in [0.4, 0.5) is 11.5 Å². The van der Waals surface area contributed by atoms with E-state index in [1.165, 1.54) is 23.6 Å². The van der Waals surface area contributed by atoms with Crippen molar-refractivity contribution in [2.75, 3.05) is 24.3 Å². The maximum absolute atomic E-state index is 13.3. The number of ether oxygens (including phenoxy) is 2. The number of nitrogen functional groups attached to an aromatic ring is 1. The highest BCUT2D eigenvalue weighted by Gasteiger charge is 2.28. The van der Waals surface area contributed by atoms with Gasteiger partial charge in [0.25, 0.3) is 5.91 Å². The summed E-state index contributed by atoms with van der Waals surface area (Å²) in [5.41, 5.74) is 12.8. The number of para-hydroxylation sites is 1. The molecule has 2 aromatic heterocycles. The Hall–Kier alpha value is -4.95. The fraction of sp³-hybridized carbons (Fsp3) is 0.172. The van der Waals surface area contributed by atoms with E-state index in [2.05, 4.69) is 58.0 Å². The van der Waals surface area contributed by atoms with E-state index in [1.807, 2.05) is 36.4 Å². The van der Waals surface area contributed by atoms with Crippen molar-refractivity contribution < 1.29 is 18.9 Å². The fourth-order valence-electron chi connectivity index (χ4n) is 4.83. The second kappa shape index (κ2) is 12.7. The van der Waals surface area contributed by atoms with Crippen LogP contribution in [0.5, 0.6) is 11.5 Å². The molecule has 15 heteroatoms. The van der Waals surface area contributed by atoms with Crippen LogP contribution in [-0.2, 0) is 19.6 Å². The molecule has 0 atom stereocenters. The van der Waals surface area contributed by atoms with Gasteiger partial charge in [-0.25, -0.2) is 10.1 Å². The van der Waals surface area contributed by atoms with Crippen molar-refractivity contribution in [3.63, 3.8) is 0 Å². The quantitative estimate of drug-likeness (QED) is 0.158. The number of carbonyl (C=O) groups excluding carboxylic acids is 1. The molecule has 3 heterocycles. The van der Waals surface area contributed by atoms with Crippen LogP contribution in [0.25, 0.3) is 5.82 Å². The maximum atomic E-state index is 13.3. The van der Waals surface area contributed by atoms with Gasteiger partial charge in [0.1, 0.15) is 6.61 Å². The smallest absolute Gasteiger partial charge is 0.293 e. The lowest BCUT2D eigenvalue weighted by atomic mass is 10.2. The van der Waals surface area contributed by atoms with E-state index in [4.69, 9.17) is 31.4 Å². The molecule has 1 aliphatic heterocycles. The highest BCUT2D eigenvalue weighted by atomic mass is 79.9. The zero-order valence-electron chi connectivity index (χ0n) is 23.3. The van der Waals surface area contributed by atoms with Gasteiger partial charge in [0.2, 0.25) is 11.6 Å². The SMILES string of the molecule is COc1cc(/C=N\NC(=O)c2nnn(-c3nonc3N)c2CN2CCc3ccccc32)cc(Br)c1OCc1cccc(Cl)c1. The number of nitrogens with zero attached hydrogens (tertiary/aromatic N) is 7. The molecular formula is C29H25BrClN9O4. The number of hydrogen-bond acceptors (Lipinski definition) is 11. The third-order valence-corrected chi connectivity index (χ3v) is 7.73. The summed E-state index contributed by atoms with van der Waals surface area (Å²) in [7, 11) is 1.54. The molecule has 3 aromatic carbocycles. The highest BCUT2D eigenvalue weighted by Crippen LogP contribution is 2.37. The lowest BCUT2D eigenvalue weighted by Crippen LogP contribution is -2.26. The Kier molecular flexibility index (Phi) is 8.43. The molecule has 0 saturated carbocycles. The predicted molar refractivity (Wildman–Crippen MR) is 166 cm³/mol. The summed E-state index contributed by atoms with van der Waals surface area (Å²) < 4.78 is 18.3. The largest absolute Gasteiger partial charge is 0.493 e. The normalized spacial score (nSPS) is 12.5. The molecule has 1 amide bonds. The minimum atomic E-state index is -0.572. The molecule has 13 nitrogen and oxygen atoms in total. The molecule has 0 fully saturated rings. The van der Waals surface area contributed by atoms with E-state index in [-0.39, 0.29) is 17.3 Å². The Balaban J connectivity index is 1.20. The molecule has 3 N–H and O–H groups in total. The van der Waals surface area contributed by atoms with E-state index in [0.29, 0.717) is 45.4 Å². The van der Waals surface area contributed by atoms with Crippen LogP contribution < -0.4 is 25.5 Å². The highest BCUT2D eigenvalue weighted by molar-refractivity contribution is 9.10. The first-order chi connectivity index (χ1) is 21.4. The number of hydrogen-bond donors (Lipinski definition) is 2. The molecule has 0 saturated heterocycles. The first kappa shape index (κ1) is 29.1. The number of methoxy groups -OCH3 is 1. The Morgan fingerprint density at radius 3 is 2.86 bits per heavy atom. The summed E-state index contributed by atoms with van der Waals surface area (Å²) in [4.78, 5) is 15.5. The van der Waals surface area contributed by atoms with Gasteiger partial charge in [0.15, 0.2) is 17.2 Å². The summed E-state index contributed by atoms with van der Waals surface area (Å²) in [6, 6.07) is 19.0. The molecule has 0 aliphatic carbocycles. The number of benzene rings is 3. The minimum Gasteiger partial charge on any atom is -0.493 e. The summed E-state index contributed by atoms with van der Waals surface area (Å²) >= 11 is 9.62. The Labute approximate surface area is 264 Å². The van der Waals surface area contributed by atoms with Gasteiger partial charge in [-0.15, -0.1) is 5.10 Å². The first-order valence-electron chi connectivity index (χ1n) is 13.3. The average molecular weight is 679 g/mol. The van der Waals surface area contributed by atoms with E-state index in [1.54, 1.807) is 18.2 Å². The fourth-order valence-corrected chi connectivity index (χ4v) is 5.62. The molecule has 1 aliphatic rings. The number of anilines is 2. The summed E-state index contributed by atoms with van der Waals surface area (Å²) in [6.45, 7) is 1.36. The monoisotopic (exact) mass is 677 g/mol. The molecule has 0 radical (unpaired) electrons. The summed E-state index contributed by atoms with van der Waals surface area (Å²) in [5.74, 6) is 0.571. The molecule has 6 rings (SSSR count). The Bertz CT molecular complexity index is 1860. The van der Waals surface area contributed by atoms with E-state index in [0.717, 1.165) is 24.2 Å². The van der Waals surface area contributed by atoms with Crippen LogP contribution in [-0.4, -0.2) is 51.1 Å². The number of rotatable bonds is 10. The topological polar surface area (TPSA) is 159 Å². The van der Waals surface area contributed by atoms with Crippen molar-refractivity contribution in [2.24, 2.45) is 5.10 Å². The number of aromatic nitrogens is 5. The second-order valence-electron chi connectivity index (χ2n) is 9.72. The van der Waals surface area contributed by atoms with Gasteiger partial charge in [-0.3, -0.25) is 4.79 Å². The zero-order valence-corrected chi connectivity index (χ0v) is 25.6. The molecule has 0 spiro atoms. The third-order valence-electron chi connectivity index (χ3n) is 6.90. The Morgan fingerprint density at radius 2 is 2.07 bits per heavy atom. The standard InChI is InChI=1S/C29H25BrClN9O4/c1-42-24-13-18(12-21(30)26(24)43-16-17-5-4-7-20(31)11-17)14-33-35-29(41)25-23(40(38-34-25)28-27(32)36-44-37-28)15-39-10-9-19-6-2-3-8-22(19)39/h2-8,11-14H,9-10,15-16H2,1H3,(H2,32,36)(H,35,41)/b33-14-. The lowest BCUT2D eigenvalue weighted by molar-refractivity contribution is 0.0949. The van der Waals surface area contributed by atoms with Crippen LogP contribution in [0, 0.1) is 0 Å². The van der Waals surface area contributed by atoms with Gasteiger partial charge < -0.3 is 20.1 Å². The lowest BCUT2D eigenvalue weighted by Gasteiger charge is -2.19. The van der Waals surface area contributed by atoms with Gasteiger partial charge in [-0.1, -0.05) is 47.1 Å². The van der Waals surface area contributed by atoms with E-state index >= 15 is 0 Å². The summed E-state index contributed by atoms with van der Waals surface area (Å²) in [6.07, 6.45) is 2.35. The Morgan fingerprint density at radius 1 is 1.20 bits per heavy atom. The molecule has 44 heavy (non-hydrogen) atoms. The van der Waals surface area contributed by atoms with Crippen LogP contribution in [0.3, 0.4) is 0 Å². The van der Waals surface area contributed by atoms with Gasteiger partial charge >= 0.3 is 0 Å². The predicted octanol–water partition coefficient (Wildman–Crippen LogP) is 4.56. The van der Waals surface area contributed by atoms with Crippen molar-refractivity contribution >= 4 is 51.2 Å². The number of fused-ring (bicyclic) bond motifs is 1. The zero-order chi connectivity index (χ0) is 30.6. The second-order valence-corrected chi connectivity index (χ2v) is 11.0. The van der Waals surface area contributed by atoms with Crippen molar-refractivity contribution in [1.82, 2.24) is 30.7 Å². The maximum Gasteiger partial charge on any atom is 0.293 e. The summed E-state index contributed by atoms with van der Waals surface area (Å²) in [5, 5.41) is 20.5. The van der Waals surface area contributed by atoms with Gasteiger partial charge in [0, 0.05) is 17.3 Å². The van der Waals surface area contributed by atoms with Crippen LogP contribution in [0.2, 0.25) is 5.02 Å². The molecule has 0 unspecified atom stereocenters.